The number of hydrogen-bond donors (Lipinski definition) is 6. The first kappa shape index (κ1) is 29.0. The number of likely N-dealkylation sites (N-methyl/N-ethyl adjacent to an activating group) is 1. The fourth-order valence-electron chi connectivity index (χ4n) is 5.94. The molecule has 1 saturated heterocycles. The Labute approximate surface area is 249 Å². The maximum atomic E-state index is 12.5. The van der Waals surface area contributed by atoms with Crippen molar-refractivity contribution in [2.45, 2.75) is 68.8 Å². The molecule has 6 atom stereocenters. The summed E-state index contributed by atoms with van der Waals surface area (Å²) in [7, 11) is 0. The molecule has 6 N–H and O–H groups in total. The molecule has 0 radical (unpaired) electrons. The van der Waals surface area contributed by atoms with Gasteiger partial charge in [0.15, 0.2) is 29.3 Å². The number of rotatable bonds is 10. The van der Waals surface area contributed by atoms with Crippen molar-refractivity contribution < 1.29 is 24.9 Å². The highest BCUT2D eigenvalue weighted by atomic mass is 16.6. The summed E-state index contributed by atoms with van der Waals surface area (Å²) in [6.45, 7) is 2.62. The topological polar surface area (TPSA) is 167 Å². The molecule has 0 spiro atoms. The molecular weight excluding hydrogens is 550 g/mol. The van der Waals surface area contributed by atoms with Gasteiger partial charge in [0.2, 0.25) is 5.95 Å². The Kier molecular flexibility index (Phi) is 8.52. The second kappa shape index (κ2) is 12.6. The molecule has 2 aromatic heterocycles. The Hall–Kier alpha value is -4.10. The largest absolute Gasteiger partial charge is 0.391 e. The summed E-state index contributed by atoms with van der Waals surface area (Å²) in [5.74, 6) is 0.245. The molecule has 226 valence electrons. The van der Waals surface area contributed by atoms with Crippen molar-refractivity contribution in [3.63, 3.8) is 0 Å². The molecule has 12 nitrogen and oxygen atoms in total. The van der Waals surface area contributed by atoms with E-state index in [1.54, 1.807) is 6.92 Å². The molecule has 2 aliphatic rings. The fraction of sp³-hybridized carbons (Fsp3) is 0.419. The molecule has 12 heteroatoms. The molecule has 2 fully saturated rings. The third-order valence-corrected chi connectivity index (χ3v) is 8.21. The highest BCUT2D eigenvalue weighted by molar-refractivity contribution is 5.85. The summed E-state index contributed by atoms with van der Waals surface area (Å²) in [6, 6.07) is 20.2. The van der Waals surface area contributed by atoms with Gasteiger partial charge < -0.3 is 36.0 Å². The summed E-state index contributed by atoms with van der Waals surface area (Å²) in [5, 5.41) is 41.4. The van der Waals surface area contributed by atoms with E-state index in [4.69, 9.17) is 14.7 Å². The van der Waals surface area contributed by atoms with Gasteiger partial charge in [0.1, 0.15) is 12.2 Å². The summed E-state index contributed by atoms with van der Waals surface area (Å²) in [4.78, 5) is 26.5. The van der Waals surface area contributed by atoms with E-state index >= 15 is 0 Å². The lowest BCUT2D eigenvalue weighted by molar-refractivity contribution is -0.137. The maximum absolute atomic E-state index is 12.5. The fourth-order valence-corrected chi connectivity index (χ4v) is 5.94. The molecule has 0 bridgehead atoms. The number of aromatic nitrogens is 4. The third kappa shape index (κ3) is 5.91. The van der Waals surface area contributed by atoms with Gasteiger partial charge in [-0.05, 0) is 37.3 Å². The number of aliphatic hydroxyl groups is 3. The number of hydrogen-bond acceptors (Lipinski definition) is 10. The highest BCUT2D eigenvalue weighted by Crippen LogP contribution is 2.34. The van der Waals surface area contributed by atoms with Crippen molar-refractivity contribution in [3.05, 3.63) is 78.1 Å². The minimum Gasteiger partial charge on any atom is -0.391 e. The zero-order chi connectivity index (χ0) is 29.9. The van der Waals surface area contributed by atoms with Crippen LogP contribution in [0.2, 0.25) is 0 Å². The number of anilines is 2. The van der Waals surface area contributed by atoms with E-state index in [2.05, 4.69) is 45.2 Å². The lowest BCUT2D eigenvalue weighted by Gasteiger charge is -2.21. The number of carbonyl (C=O) groups excluding carboxylic acids is 1. The monoisotopic (exact) mass is 587 g/mol. The number of fused-ring (bicyclic) bond motifs is 1. The Morgan fingerprint density at radius 2 is 1.70 bits per heavy atom. The smallest absolute Gasteiger partial charge is 0.252 e. The minimum atomic E-state index is -1.43. The van der Waals surface area contributed by atoms with Crippen LogP contribution >= 0.6 is 0 Å². The van der Waals surface area contributed by atoms with E-state index in [-0.39, 0.29) is 17.9 Å². The van der Waals surface area contributed by atoms with Gasteiger partial charge in [-0.3, -0.25) is 9.36 Å². The number of aliphatic hydroxyl groups excluding tert-OH is 3. The van der Waals surface area contributed by atoms with Crippen molar-refractivity contribution in [3.8, 4) is 0 Å². The van der Waals surface area contributed by atoms with Crippen LogP contribution in [0.5, 0.6) is 0 Å². The number of ether oxygens (including phenoxy) is 1. The summed E-state index contributed by atoms with van der Waals surface area (Å²) in [6.07, 6.45) is -1.88. The van der Waals surface area contributed by atoms with Crippen LogP contribution in [0.1, 0.15) is 49.5 Å². The van der Waals surface area contributed by atoms with Gasteiger partial charge in [-0.15, -0.1) is 0 Å². The van der Waals surface area contributed by atoms with Crippen LogP contribution in [-0.4, -0.2) is 84.3 Å². The van der Waals surface area contributed by atoms with Gasteiger partial charge in [0.25, 0.3) is 5.91 Å². The molecular formula is C31H37N7O5. The Morgan fingerprint density at radius 3 is 2.33 bits per heavy atom. The molecule has 3 heterocycles. The average Bonchev–Trinajstić information content (AvgIpc) is 3.71. The number of nitrogens with one attached hydrogen (secondary N) is 3. The number of amides is 1. The maximum Gasteiger partial charge on any atom is 0.252 e. The van der Waals surface area contributed by atoms with E-state index in [0.717, 1.165) is 24.0 Å². The second-order valence-corrected chi connectivity index (χ2v) is 11.0. The van der Waals surface area contributed by atoms with Crippen molar-refractivity contribution in [1.29, 1.82) is 0 Å². The lowest BCUT2D eigenvalue weighted by atomic mass is 9.91. The van der Waals surface area contributed by atoms with Crippen LogP contribution in [0.4, 0.5) is 11.8 Å². The van der Waals surface area contributed by atoms with E-state index in [1.165, 1.54) is 10.9 Å². The molecule has 4 aromatic rings. The standard InChI is InChI=1S/C31H37N7O5/c1-2-32-29(42)26-24(40)25(41)30(43-26)38-17-34-23-27(36-31(37-28(23)38)35-21-14-9-15-22(21)39)33-16-20(18-10-5-3-6-11-18)19-12-7-4-8-13-19/h3-8,10-13,17,20-22,24-26,30,39-41H,2,9,14-16H2,1H3,(H,32,42)(H2,33,35,36,37)/t21-,22-,24+,25-,26+,30-/m1/s1. The van der Waals surface area contributed by atoms with Crippen LogP contribution < -0.4 is 16.0 Å². The number of carbonyl (C=O) groups is 1. The molecule has 1 saturated carbocycles. The number of benzene rings is 2. The molecule has 0 unspecified atom stereocenters. The van der Waals surface area contributed by atoms with Crippen LogP contribution in [0.25, 0.3) is 11.2 Å². The van der Waals surface area contributed by atoms with E-state index in [9.17, 15) is 20.1 Å². The minimum absolute atomic E-state index is 0.00976. The van der Waals surface area contributed by atoms with Crippen molar-refractivity contribution in [2.75, 3.05) is 23.7 Å². The zero-order valence-electron chi connectivity index (χ0n) is 23.9. The van der Waals surface area contributed by atoms with Crippen LogP contribution in [-0.2, 0) is 9.53 Å². The van der Waals surface area contributed by atoms with Gasteiger partial charge in [0.05, 0.1) is 18.5 Å². The van der Waals surface area contributed by atoms with E-state index < -0.39 is 36.6 Å². The molecule has 6 rings (SSSR count). The van der Waals surface area contributed by atoms with Gasteiger partial charge >= 0.3 is 0 Å². The van der Waals surface area contributed by atoms with E-state index in [0.29, 0.717) is 36.5 Å². The number of nitrogens with zero attached hydrogens (tertiary/aromatic N) is 4. The highest BCUT2D eigenvalue weighted by Gasteiger charge is 2.47. The van der Waals surface area contributed by atoms with Gasteiger partial charge in [-0.25, -0.2) is 4.98 Å². The van der Waals surface area contributed by atoms with Gasteiger partial charge in [-0.1, -0.05) is 60.7 Å². The first-order chi connectivity index (χ1) is 20.9. The van der Waals surface area contributed by atoms with Crippen LogP contribution in [0.3, 0.4) is 0 Å². The second-order valence-electron chi connectivity index (χ2n) is 11.0. The third-order valence-electron chi connectivity index (χ3n) is 8.21. The predicted molar refractivity (Wildman–Crippen MR) is 160 cm³/mol. The molecule has 43 heavy (non-hydrogen) atoms. The zero-order valence-corrected chi connectivity index (χ0v) is 23.9. The van der Waals surface area contributed by atoms with E-state index in [1.807, 2.05) is 36.4 Å². The van der Waals surface area contributed by atoms with Gasteiger partial charge in [-0.2, -0.15) is 9.97 Å². The quantitative estimate of drug-likeness (QED) is 0.162. The molecule has 1 aliphatic carbocycles. The molecule has 2 aromatic carbocycles. The lowest BCUT2D eigenvalue weighted by Crippen LogP contribution is -2.42. The van der Waals surface area contributed by atoms with Gasteiger partial charge in [0, 0.05) is 19.0 Å². The van der Waals surface area contributed by atoms with Crippen LogP contribution in [0.15, 0.2) is 67.0 Å². The predicted octanol–water partition coefficient (Wildman–Crippen LogP) is 2.15. The van der Waals surface area contributed by atoms with Crippen molar-refractivity contribution >= 4 is 28.8 Å². The summed E-state index contributed by atoms with van der Waals surface area (Å²) in [5.41, 5.74) is 3.05. The summed E-state index contributed by atoms with van der Waals surface area (Å²) < 4.78 is 7.38. The average molecular weight is 588 g/mol. The molecule has 1 aliphatic heterocycles. The first-order valence-electron chi connectivity index (χ1n) is 14.8. The summed E-state index contributed by atoms with van der Waals surface area (Å²) >= 11 is 0. The van der Waals surface area contributed by atoms with Crippen molar-refractivity contribution in [2.24, 2.45) is 0 Å². The normalized spacial score (nSPS) is 25.3. The molecule has 1 amide bonds. The Bertz CT molecular complexity index is 1500. The number of imidazole rings is 1. The van der Waals surface area contributed by atoms with Crippen LogP contribution in [0, 0.1) is 0 Å². The Balaban J connectivity index is 1.36. The Morgan fingerprint density at radius 1 is 1.00 bits per heavy atom. The van der Waals surface area contributed by atoms with Crippen molar-refractivity contribution in [1.82, 2.24) is 24.8 Å². The first-order valence-corrected chi connectivity index (χ1v) is 14.8. The SMILES string of the molecule is CCNC(=O)[C@H]1O[C@@H](n2cnc3c(NCC(c4ccccc4)c4ccccc4)nc(N[C@@H]4CCC[C@H]4O)nc32)[C@H](O)[C@@H]1O.